The molecule has 24 heavy (non-hydrogen) atoms. The van der Waals surface area contributed by atoms with Gasteiger partial charge < -0.3 is 4.90 Å². The standard InChI is InChI=1S/C17H28N4O2S/c1-19(2)17-13-14(6-9-18-17)16-5-4-10-21(16)15-7-11-20(12-8-15)24(3,22)23/h6,9,13,15-16H,4-5,7-8,10-12H2,1-3H3/t16-/m0/s1. The molecule has 0 saturated carbocycles. The molecule has 2 saturated heterocycles. The van der Waals surface area contributed by atoms with Crippen LogP contribution >= 0.6 is 0 Å². The van der Waals surface area contributed by atoms with Gasteiger partial charge >= 0.3 is 0 Å². The molecule has 2 fully saturated rings. The minimum atomic E-state index is -3.05. The zero-order valence-corrected chi connectivity index (χ0v) is 15.7. The van der Waals surface area contributed by atoms with Crippen molar-refractivity contribution in [2.24, 2.45) is 0 Å². The summed E-state index contributed by atoms with van der Waals surface area (Å²) in [7, 11) is 0.974. The van der Waals surface area contributed by atoms with E-state index in [-0.39, 0.29) is 0 Å². The Labute approximate surface area is 145 Å². The molecular formula is C17H28N4O2S. The Hall–Kier alpha value is -1.18. The Bertz CT molecular complexity index is 669. The van der Waals surface area contributed by atoms with Gasteiger partial charge in [-0.2, -0.15) is 0 Å². The number of piperidine rings is 1. The Morgan fingerprint density at radius 1 is 1.17 bits per heavy atom. The number of likely N-dealkylation sites (tertiary alicyclic amines) is 1. The van der Waals surface area contributed by atoms with E-state index in [9.17, 15) is 8.42 Å². The van der Waals surface area contributed by atoms with Gasteiger partial charge in [0.15, 0.2) is 0 Å². The van der Waals surface area contributed by atoms with Crippen LogP contribution in [0, 0.1) is 0 Å². The van der Waals surface area contributed by atoms with Gasteiger partial charge in [0.05, 0.1) is 6.26 Å². The predicted molar refractivity (Wildman–Crippen MR) is 96.7 cm³/mol. The van der Waals surface area contributed by atoms with Crippen LogP contribution in [-0.4, -0.2) is 68.6 Å². The smallest absolute Gasteiger partial charge is 0.211 e. The molecule has 7 heteroatoms. The number of sulfonamides is 1. The number of nitrogens with zero attached hydrogens (tertiary/aromatic N) is 4. The molecule has 1 aromatic heterocycles. The van der Waals surface area contributed by atoms with E-state index in [2.05, 4.69) is 22.0 Å². The fourth-order valence-corrected chi connectivity index (χ4v) is 4.85. The molecule has 0 unspecified atom stereocenters. The van der Waals surface area contributed by atoms with E-state index in [1.807, 2.05) is 25.2 Å². The molecule has 0 aliphatic carbocycles. The second-order valence-electron chi connectivity index (χ2n) is 7.13. The lowest BCUT2D eigenvalue weighted by atomic mass is 10.00. The average molecular weight is 353 g/mol. The van der Waals surface area contributed by atoms with Crippen molar-refractivity contribution >= 4 is 15.8 Å². The minimum Gasteiger partial charge on any atom is -0.363 e. The Morgan fingerprint density at radius 2 is 1.88 bits per heavy atom. The van der Waals surface area contributed by atoms with Crippen molar-refractivity contribution in [3.05, 3.63) is 23.9 Å². The Balaban J connectivity index is 1.71. The maximum absolute atomic E-state index is 11.7. The first-order valence-corrected chi connectivity index (χ1v) is 10.6. The monoisotopic (exact) mass is 352 g/mol. The van der Waals surface area contributed by atoms with Gasteiger partial charge in [-0.1, -0.05) is 0 Å². The number of hydrogen-bond acceptors (Lipinski definition) is 5. The van der Waals surface area contributed by atoms with Crippen molar-refractivity contribution in [2.45, 2.75) is 37.8 Å². The van der Waals surface area contributed by atoms with Crippen LogP contribution in [0.4, 0.5) is 5.82 Å². The first-order valence-electron chi connectivity index (χ1n) is 8.70. The van der Waals surface area contributed by atoms with Crippen molar-refractivity contribution < 1.29 is 8.42 Å². The lowest BCUT2D eigenvalue weighted by Gasteiger charge is -2.38. The number of aromatic nitrogens is 1. The van der Waals surface area contributed by atoms with E-state index in [4.69, 9.17) is 0 Å². The lowest BCUT2D eigenvalue weighted by molar-refractivity contribution is 0.127. The van der Waals surface area contributed by atoms with Crippen molar-refractivity contribution in [1.82, 2.24) is 14.2 Å². The Kier molecular flexibility index (Phi) is 5.13. The summed E-state index contributed by atoms with van der Waals surface area (Å²) in [5.41, 5.74) is 1.33. The molecule has 1 atom stereocenters. The van der Waals surface area contributed by atoms with Crippen molar-refractivity contribution in [2.75, 3.05) is 44.9 Å². The van der Waals surface area contributed by atoms with Crippen molar-refractivity contribution in [3.63, 3.8) is 0 Å². The summed E-state index contributed by atoms with van der Waals surface area (Å²) < 4.78 is 25.0. The fraction of sp³-hybridized carbons (Fsp3) is 0.706. The number of pyridine rings is 1. The molecule has 0 spiro atoms. The summed E-state index contributed by atoms with van der Waals surface area (Å²) in [6.07, 6.45) is 7.43. The highest BCUT2D eigenvalue weighted by molar-refractivity contribution is 7.88. The molecule has 3 heterocycles. The van der Waals surface area contributed by atoms with Crippen LogP contribution in [0.5, 0.6) is 0 Å². The van der Waals surface area contributed by atoms with Crippen molar-refractivity contribution in [1.29, 1.82) is 0 Å². The van der Waals surface area contributed by atoms with Crippen molar-refractivity contribution in [3.8, 4) is 0 Å². The molecule has 0 radical (unpaired) electrons. The third-order valence-corrected chi connectivity index (χ3v) is 6.57. The van der Waals surface area contributed by atoms with Gasteiger partial charge in [0.25, 0.3) is 0 Å². The van der Waals surface area contributed by atoms with Crippen LogP contribution in [0.25, 0.3) is 0 Å². The predicted octanol–water partition coefficient (Wildman–Crippen LogP) is 1.71. The molecule has 6 nitrogen and oxygen atoms in total. The summed E-state index contributed by atoms with van der Waals surface area (Å²) in [6.45, 7) is 2.39. The summed E-state index contributed by atoms with van der Waals surface area (Å²) >= 11 is 0. The molecule has 1 aromatic rings. The van der Waals surface area contributed by atoms with Crippen LogP contribution in [0.1, 0.15) is 37.3 Å². The molecule has 0 bridgehead atoms. The van der Waals surface area contributed by atoms with Gasteiger partial charge in [-0.25, -0.2) is 17.7 Å². The van der Waals surface area contributed by atoms with Crippen LogP contribution in [0.15, 0.2) is 18.3 Å². The van der Waals surface area contributed by atoms with Crippen LogP contribution in [0.3, 0.4) is 0 Å². The van der Waals surface area contributed by atoms with Gasteiger partial charge in [-0.15, -0.1) is 0 Å². The highest BCUT2D eigenvalue weighted by Gasteiger charge is 2.35. The molecule has 134 valence electrons. The highest BCUT2D eigenvalue weighted by atomic mass is 32.2. The SMILES string of the molecule is CN(C)c1cc([C@@H]2CCCN2C2CCN(S(C)(=O)=O)CC2)ccn1. The molecule has 0 N–H and O–H groups in total. The van der Waals surface area contributed by atoms with E-state index in [0.717, 1.165) is 25.2 Å². The van der Waals surface area contributed by atoms with Crippen LogP contribution < -0.4 is 4.90 Å². The van der Waals surface area contributed by atoms with E-state index in [1.54, 1.807) is 4.31 Å². The fourth-order valence-electron chi connectivity index (χ4n) is 3.98. The largest absolute Gasteiger partial charge is 0.363 e. The zero-order chi connectivity index (χ0) is 17.3. The molecule has 2 aliphatic rings. The number of hydrogen-bond donors (Lipinski definition) is 0. The number of anilines is 1. The first kappa shape index (κ1) is 17.6. The second kappa shape index (κ2) is 6.98. The minimum absolute atomic E-state index is 0.432. The maximum Gasteiger partial charge on any atom is 0.211 e. The van der Waals surface area contributed by atoms with E-state index < -0.39 is 10.0 Å². The van der Waals surface area contributed by atoms with Gasteiger partial charge in [-0.05, 0) is 49.9 Å². The first-order chi connectivity index (χ1) is 11.4. The molecule has 0 amide bonds. The van der Waals surface area contributed by atoms with Gasteiger partial charge in [0.1, 0.15) is 5.82 Å². The van der Waals surface area contributed by atoms with E-state index in [1.165, 1.54) is 24.7 Å². The third-order valence-electron chi connectivity index (χ3n) is 5.27. The Morgan fingerprint density at radius 3 is 2.50 bits per heavy atom. The average Bonchev–Trinajstić information content (AvgIpc) is 3.04. The third kappa shape index (κ3) is 3.73. The molecule has 0 aromatic carbocycles. The topological polar surface area (TPSA) is 56.8 Å². The molecule has 2 aliphatic heterocycles. The molecule has 3 rings (SSSR count). The summed E-state index contributed by atoms with van der Waals surface area (Å²) in [5, 5.41) is 0. The molecular weight excluding hydrogens is 324 g/mol. The highest BCUT2D eigenvalue weighted by Crippen LogP contribution is 2.37. The summed E-state index contributed by atoms with van der Waals surface area (Å²) in [5.74, 6) is 0.992. The van der Waals surface area contributed by atoms with Gasteiger partial charge in [0.2, 0.25) is 10.0 Å². The van der Waals surface area contributed by atoms with E-state index >= 15 is 0 Å². The zero-order valence-electron chi connectivity index (χ0n) is 14.9. The van der Waals surface area contributed by atoms with Crippen LogP contribution in [-0.2, 0) is 10.0 Å². The normalized spacial score (nSPS) is 24.4. The lowest BCUT2D eigenvalue weighted by Crippen LogP contribution is -2.46. The van der Waals surface area contributed by atoms with Gasteiger partial charge in [-0.3, -0.25) is 4.90 Å². The van der Waals surface area contributed by atoms with Crippen LogP contribution in [0.2, 0.25) is 0 Å². The quantitative estimate of drug-likeness (QED) is 0.826. The summed E-state index contributed by atoms with van der Waals surface area (Å²) in [6, 6.07) is 5.23. The van der Waals surface area contributed by atoms with E-state index in [0.29, 0.717) is 25.2 Å². The van der Waals surface area contributed by atoms with Gasteiger partial charge in [0, 0.05) is 45.5 Å². The summed E-state index contributed by atoms with van der Waals surface area (Å²) in [4.78, 5) is 9.05. The number of rotatable bonds is 4. The second-order valence-corrected chi connectivity index (χ2v) is 9.11. The maximum atomic E-state index is 11.7.